The van der Waals surface area contributed by atoms with E-state index in [4.69, 9.17) is 11.6 Å². The molecule has 3 rings (SSSR count). The second-order valence-electron chi connectivity index (χ2n) is 6.15. The number of benzene rings is 3. The van der Waals surface area contributed by atoms with E-state index < -0.39 is 27.7 Å². The van der Waals surface area contributed by atoms with Crippen LogP contribution in [0.5, 0.6) is 0 Å². The van der Waals surface area contributed by atoms with Crippen LogP contribution >= 0.6 is 11.6 Å². The van der Waals surface area contributed by atoms with E-state index in [1.165, 1.54) is 42.5 Å². The fourth-order valence-electron chi connectivity index (χ4n) is 2.55. The molecule has 0 saturated carbocycles. The van der Waals surface area contributed by atoms with Gasteiger partial charge in [0.05, 0.1) is 26.7 Å². The minimum Gasteiger partial charge on any atom is -0.322 e. The number of hydrogen-bond donors (Lipinski definition) is 2. The molecular weight excluding hydrogens is 441 g/mol. The smallest absolute Gasteiger partial charge is 0.322 e. The number of amides is 1. The van der Waals surface area contributed by atoms with Crippen LogP contribution in [0.4, 0.5) is 24.5 Å². The molecular formula is C20H14ClF3N2O3S. The normalized spacial score (nSPS) is 11.7. The zero-order valence-electron chi connectivity index (χ0n) is 15.1. The summed E-state index contributed by atoms with van der Waals surface area (Å²) in [6.07, 6.45) is -4.55. The molecule has 0 aliphatic carbocycles. The Morgan fingerprint density at radius 1 is 0.867 bits per heavy atom. The van der Waals surface area contributed by atoms with Crippen molar-refractivity contribution in [2.75, 3.05) is 10.0 Å². The van der Waals surface area contributed by atoms with E-state index in [2.05, 4.69) is 10.0 Å². The highest BCUT2D eigenvalue weighted by molar-refractivity contribution is 7.92. The molecule has 0 aliphatic rings. The van der Waals surface area contributed by atoms with Crippen LogP contribution in [-0.4, -0.2) is 14.3 Å². The number of halogens is 4. The van der Waals surface area contributed by atoms with Gasteiger partial charge in [-0.2, -0.15) is 13.2 Å². The Bertz CT molecular complexity index is 1180. The van der Waals surface area contributed by atoms with Crippen molar-refractivity contribution in [1.29, 1.82) is 0 Å². The zero-order valence-corrected chi connectivity index (χ0v) is 16.6. The van der Waals surface area contributed by atoms with Crippen molar-refractivity contribution in [2.45, 2.75) is 11.1 Å². The Hall–Kier alpha value is -3.04. The summed E-state index contributed by atoms with van der Waals surface area (Å²) in [5, 5.41) is 2.27. The largest absolute Gasteiger partial charge is 0.416 e. The molecule has 0 aliphatic heterocycles. The fourth-order valence-corrected chi connectivity index (χ4v) is 3.89. The molecule has 0 saturated heterocycles. The number of anilines is 2. The van der Waals surface area contributed by atoms with Gasteiger partial charge in [0.15, 0.2) is 0 Å². The SMILES string of the molecule is O=C(Nc1cccc(C(F)(F)F)c1)c1ccc(NS(=O)(=O)c2ccccc2)cc1Cl. The zero-order chi connectivity index (χ0) is 21.9. The molecule has 0 unspecified atom stereocenters. The molecule has 0 fully saturated rings. The first-order valence-electron chi connectivity index (χ1n) is 8.42. The van der Waals surface area contributed by atoms with E-state index >= 15 is 0 Å². The summed E-state index contributed by atoms with van der Waals surface area (Å²) in [6.45, 7) is 0. The predicted molar refractivity (Wildman–Crippen MR) is 108 cm³/mol. The molecule has 3 aromatic rings. The van der Waals surface area contributed by atoms with Crippen LogP contribution < -0.4 is 10.0 Å². The molecule has 1 amide bonds. The lowest BCUT2D eigenvalue weighted by atomic mass is 10.1. The third-order valence-corrected chi connectivity index (χ3v) is 5.68. The molecule has 2 N–H and O–H groups in total. The Kier molecular flexibility index (Phi) is 6.04. The maximum absolute atomic E-state index is 12.8. The van der Waals surface area contributed by atoms with Gasteiger partial charge in [-0.1, -0.05) is 35.9 Å². The number of carbonyl (C=O) groups is 1. The minimum atomic E-state index is -4.55. The van der Waals surface area contributed by atoms with Crippen molar-refractivity contribution < 1.29 is 26.4 Å². The number of rotatable bonds is 5. The Morgan fingerprint density at radius 3 is 2.20 bits per heavy atom. The molecule has 0 heterocycles. The molecule has 0 radical (unpaired) electrons. The van der Waals surface area contributed by atoms with Crippen LogP contribution in [0.25, 0.3) is 0 Å². The van der Waals surface area contributed by atoms with E-state index in [1.54, 1.807) is 18.2 Å². The summed E-state index contributed by atoms with van der Waals surface area (Å²) in [5.74, 6) is -0.739. The summed E-state index contributed by atoms with van der Waals surface area (Å²) in [5.41, 5.74) is -0.868. The van der Waals surface area contributed by atoms with Crippen molar-refractivity contribution in [1.82, 2.24) is 0 Å². The summed E-state index contributed by atoms with van der Waals surface area (Å²) in [7, 11) is -3.85. The van der Waals surface area contributed by atoms with Crippen molar-refractivity contribution in [3.05, 3.63) is 88.9 Å². The molecule has 0 bridgehead atoms. The molecule has 0 aromatic heterocycles. The van der Waals surface area contributed by atoms with E-state index in [0.29, 0.717) is 0 Å². The number of sulfonamides is 1. The van der Waals surface area contributed by atoms with Crippen molar-refractivity contribution in [3.63, 3.8) is 0 Å². The van der Waals surface area contributed by atoms with Gasteiger partial charge < -0.3 is 5.32 Å². The van der Waals surface area contributed by atoms with E-state index in [1.807, 2.05) is 0 Å². The minimum absolute atomic E-state index is 0.0308. The summed E-state index contributed by atoms with van der Waals surface area (Å²) in [6, 6.07) is 15.7. The molecule has 5 nitrogen and oxygen atoms in total. The number of hydrogen-bond acceptors (Lipinski definition) is 3. The third-order valence-electron chi connectivity index (χ3n) is 3.97. The standard InChI is InChI=1S/C20H14ClF3N2O3S/c21-18-12-15(26-30(28,29)16-7-2-1-3-8-16)9-10-17(18)19(27)25-14-6-4-5-13(11-14)20(22,23)24/h1-12,26H,(H,25,27). The average molecular weight is 455 g/mol. The van der Waals surface area contributed by atoms with Gasteiger partial charge in [-0.15, -0.1) is 0 Å². The van der Waals surface area contributed by atoms with Gasteiger partial charge in [0.1, 0.15) is 0 Å². The maximum Gasteiger partial charge on any atom is 0.416 e. The van der Waals surface area contributed by atoms with E-state index in [-0.39, 0.29) is 26.9 Å². The summed E-state index contributed by atoms with van der Waals surface area (Å²) < 4.78 is 65.5. The monoisotopic (exact) mass is 454 g/mol. The Balaban J connectivity index is 1.78. The Morgan fingerprint density at radius 2 is 1.57 bits per heavy atom. The van der Waals surface area contributed by atoms with Crippen molar-refractivity contribution >= 4 is 38.9 Å². The molecule has 3 aromatic carbocycles. The second kappa shape index (κ2) is 8.37. The van der Waals surface area contributed by atoms with Crippen LogP contribution in [0.3, 0.4) is 0 Å². The highest BCUT2D eigenvalue weighted by Gasteiger charge is 2.30. The number of alkyl halides is 3. The first-order valence-corrected chi connectivity index (χ1v) is 10.3. The van der Waals surface area contributed by atoms with Gasteiger partial charge in [-0.25, -0.2) is 8.42 Å². The van der Waals surface area contributed by atoms with Gasteiger partial charge in [0.2, 0.25) is 0 Å². The highest BCUT2D eigenvalue weighted by Crippen LogP contribution is 2.31. The van der Waals surface area contributed by atoms with Crippen molar-refractivity contribution in [3.8, 4) is 0 Å². The summed E-state index contributed by atoms with van der Waals surface area (Å²) in [4.78, 5) is 12.4. The maximum atomic E-state index is 12.8. The topological polar surface area (TPSA) is 75.3 Å². The van der Waals surface area contributed by atoms with Crippen LogP contribution in [-0.2, 0) is 16.2 Å². The second-order valence-corrected chi connectivity index (χ2v) is 8.24. The fraction of sp³-hybridized carbons (Fsp3) is 0.0500. The Labute approximate surface area is 175 Å². The van der Waals surface area contributed by atoms with Gasteiger partial charge in [0.25, 0.3) is 15.9 Å². The predicted octanol–water partition coefficient (Wildman–Crippen LogP) is 5.41. The number of nitrogens with one attached hydrogen (secondary N) is 2. The lowest BCUT2D eigenvalue weighted by Crippen LogP contribution is -2.15. The molecule has 156 valence electrons. The molecule has 30 heavy (non-hydrogen) atoms. The first kappa shape index (κ1) is 21.7. The average Bonchev–Trinajstić information content (AvgIpc) is 2.68. The van der Waals surface area contributed by atoms with Crippen LogP contribution in [0.1, 0.15) is 15.9 Å². The van der Waals surface area contributed by atoms with Crippen LogP contribution in [0, 0.1) is 0 Å². The first-order chi connectivity index (χ1) is 14.1. The van der Waals surface area contributed by atoms with Gasteiger partial charge in [0, 0.05) is 5.69 Å². The molecule has 10 heteroatoms. The third kappa shape index (κ3) is 5.11. The highest BCUT2D eigenvalue weighted by atomic mass is 35.5. The molecule has 0 atom stereocenters. The van der Waals surface area contributed by atoms with Gasteiger partial charge >= 0.3 is 6.18 Å². The van der Waals surface area contributed by atoms with Crippen LogP contribution in [0.2, 0.25) is 5.02 Å². The quantitative estimate of drug-likeness (QED) is 0.541. The van der Waals surface area contributed by atoms with Crippen molar-refractivity contribution in [2.24, 2.45) is 0 Å². The van der Waals surface area contributed by atoms with E-state index in [9.17, 15) is 26.4 Å². The lowest BCUT2D eigenvalue weighted by Gasteiger charge is -2.12. The van der Waals surface area contributed by atoms with Gasteiger partial charge in [-0.3, -0.25) is 9.52 Å². The lowest BCUT2D eigenvalue weighted by molar-refractivity contribution is -0.137. The van der Waals surface area contributed by atoms with Gasteiger partial charge in [-0.05, 0) is 48.5 Å². The van der Waals surface area contributed by atoms with E-state index in [0.717, 1.165) is 12.1 Å². The van der Waals surface area contributed by atoms with Crippen LogP contribution in [0.15, 0.2) is 77.7 Å². The summed E-state index contributed by atoms with van der Waals surface area (Å²) >= 11 is 6.09. The molecule has 0 spiro atoms. The number of carbonyl (C=O) groups excluding carboxylic acids is 1.